The van der Waals surface area contributed by atoms with E-state index in [0.717, 1.165) is 11.8 Å². The maximum atomic E-state index is 3.59. The molecule has 1 saturated heterocycles. The Morgan fingerprint density at radius 1 is 1.07 bits per heavy atom. The van der Waals surface area contributed by atoms with Gasteiger partial charge in [0.1, 0.15) is 0 Å². The molecule has 1 aliphatic carbocycles. The summed E-state index contributed by atoms with van der Waals surface area (Å²) in [5.41, 5.74) is 3.02. The van der Waals surface area contributed by atoms with Gasteiger partial charge in [0.25, 0.3) is 0 Å². The molecule has 0 spiro atoms. The molecule has 0 aromatic heterocycles. The molecule has 80 valence electrons. The van der Waals surface area contributed by atoms with Gasteiger partial charge < -0.3 is 5.32 Å². The molecule has 1 aliphatic heterocycles. The van der Waals surface area contributed by atoms with Crippen molar-refractivity contribution in [1.29, 1.82) is 0 Å². The van der Waals surface area contributed by atoms with Crippen molar-refractivity contribution in [2.24, 2.45) is 5.92 Å². The van der Waals surface area contributed by atoms with Crippen molar-refractivity contribution in [3.63, 3.8) is 0 Å². The van der Waals surface area contributed by atoms with Crippen LogP contribution >= 0.6 is 0 Å². The number of nitrogens with one attached hydrogen (secondary N) is 1. The largest absolute Gasteiger partial charge is 0.310 e. The van der Waals surface area contributed by atoms with Crippen molar-refractivity contribution < 1.29 is 0 Å². The molecule has 2 atom stereocenters. The molecule has 1 saturated carbocycles. The molecule has 2 unspecified atom stereocenters. The molecule has 2 fully saturated rings. The highest BCUT2D eigenvalue weighted by atomic mass is 14.9. The third-order valence-electron chi connectivity index (χ3n) is 3.74. The van der Waals surface area contributed by atoms with Crippen molar-refractivity contribution in [2.45, 2.75) is 38.1 Å². The summed E-state index contributed by atoms with van der Waals surface area (Å²) in [4.78, 5) is 0. The first-order chi connectivity index (χ1) is 7.33. The van der Waals surface area contributed by atoms with Gasteiger partial charge in [0.2, 0.25) is 0 Å². The smallest absolute Gasteiger partial charge is 0.0323 e. The zero-order chi connectivity index (χ0) is 10.3. The summed E-state index contributed by atoms with van der Waals surface area (Å²) < 4.78 is 0. The van der Waals surface area contributed by atoms with E-state index in [2.05, 4.69) is 36.5 Å². The Kier molecular flexibility index (Phi) is 2.28. The fourth-order valence-corrected chi connectivity index (χ4v) is 2.58. The molecule has 1 aromatic carbocycles. The topological polar surface area (TPSA) is 12.0 Å². The molecule has 2 aliphatic rings. The van der Waals surface area contributed by atoms with Gasteiger partial charge in [-0.15, -0.1) is 0 Å². The molecule has 1 N–H and O–H groups in total. The summed E-state index contributed by atoms with van der Waals surface area (Å²) in [5.74, 6) is 1.72. The summed E-state index contributed by atoms with van der Waals surface area (Å²) in [5, 5.41) is 3.59. The summed E-state index contributed by atoms with van der Waals surface area (Å²) in [7, 11) is 0. The van der Waals surface area contributed by atoms with Crippen LogP contribution in [0, 0.1) is 5.92 Å². The molecular formula is C14H19N. The molecule has 0 bridgehead atoms. The van der Waals surface area contributed by atoms with E-state index in [1.54, 1.807) is 5.56 Å². The van der Waals surface area contributed by atoms with E-state index in [4.69, 9.17) is 0 Å². The van der Waals surface area contributed by atoms with E-state index in [1.165, 1.54) is 31.4 Å². The fourth-order valence-electron chi connectivity index (χ4n) is 2.58. The third kappa shape index (κ3) is 1.93. The second kappa shape index (κ2) is 3.64. The Balaban J connectivity index is 1.75. The van der Waals surface area contributed by atoms with Gasteiger partial charge in [-0.05, 0) is 48.8 Å². The monoisotopic (exact) mass is 201 g/mol. The first-order valence-electron chi connectivity index (χ1n) is 6.16. The molecule has 1 heteroatoms. The van der Waals surface area contributed by atoms with Gasteiger partial charge in [0, 0.05) is 6.04 Å². The highest BCUT2D eigenvalue weighted by molar-refractivity contribution is 5.30. The standard InChI is InChI=1S/C14H19N/c1-10-8-14(15-9-10)13-6-4-12(5-7-13)11-2-3-11/h4-7,10-11,14-15H,2-3,8-9H2,1H3. The van der Waals surface area contributed by atoms with Crippen molar-refractivity contribution in [3.8, 4) is 0 Å². The zero-order valence-electron chi connectivity index (χ0n) is 9.37. The summed E-state index contributed by atoms with van der Waals surface area (Å²) >= 11 is 0. The van der Waals surface area contributed by atoms with E-state index in [9.17, 15) is 0 Å². The Morgan fingerprint density at radius 2 is 1.73 bits per heavy atom. The first kappa shape index (κ1) is 9.41. The van der Waals surface area contributed by atoms with Gasteiger partial charge in [-0.25, -0.2) is 0 Å². The molecule has 0 radical (unpaired) electrons. The maximum Gasteiger partial charge on any atom is 0.0323 e. The normalized spacial score (nSPS) is 30.7. The van der Waals surface area contributed by atoms with E-state index in [1.807, 2.05) is 0 Å². The van der Waals surface area contributed by atoms with Crippen LogP contribution in [-0.2, 0) is 0 Å². The molecule has 0 amide bonds. The second-order valence-electron chi connectivity index (χ2n) is 5.24. The average Bonchev–Trinajstić information content (AvgIpc) is 3.02. The molecule has 1 aromatic rings. The second-order valence-corrected chi connectivity index (χ2v) is 5.24. The fraction of sp³-hybridized carbons (Fsp3) is 0.571. The van der Waals surface area contributed by atoms with Gasteiger partial charge in [0.15, 0.2) is 0 Å². The van der Waals surface area contributed by atoms with E-state index < -0.39 is 0 Å². The maximum absolute atomic E-state index is 3.59. The Morgan fingerprint density at radius 3 is 2.27 bits per heavy atom. The van der Waals surface area contributed by atoms with Gasteiger partial charge in [-0.1, -0.05) is 31.2 Å². The van der Waals surface area contributed by atoms with Crippen molar-refractivity contribution in [3.05, 3.63) is 35.4 Å². The molecule has 1 nitrogen and oxygen atoms in total. The minimum atomic E-state index is 0.605. The van der Waals surface area contributed by atoms with Gasteiger partial charge >= 0.3 is 0 Å². The van der Waals surface area contributed by atoms with Crippen molar-refractivity contribution >= 4 is 0 Å². The molecular weight excluding hydrogens is 182 g/mol. The third-order valence-corrected chi connectivity index (χ3v) is 3.74. The van der Waals surface area contributed by atoms with Crippen LogP contribution in [0.4, 0.5) is 0 Å². The summed E-state index contributed by atoms with van der Waals surface area (Å²) in [6, 6.07) is 9.91. The number of benzene rings is 1. The SMILES string of the molecule is CC1CNC(c2ccc(C3CC3)cc2)C1. The van der Waals surface area contributed by atoms with Crippen LogP contribution in [-0.4, -0.2) is 6.54 Å². The predicted molar refractivity (Wildman–Crippen MR) is 62.9 cm³/mol. The van der Waals surface area contributed by atoms with Crippen LogP contribution in [0.3, 0.4) is 0 Å². The minimum Gasteiger partial charge on any atom is -0.310 e. The van der Waals surface area contributed by atoms with Gasteiger partial charge in [0.05, 0.1) is 0 Å². The quantitative estimate of drug-likeness (QED) is 0.774. The lowest BCUT2D eigenvalue weighted by atomic mass is 9.99. The van der Waals surface area contributed by atoms with Crippen LogP contribution < -0.4 is 5.32 Å². The van der Waals surface area contributed by atoms with Crippen LogP contribution in [0.1, 0.15) is 49.3 Å². The summed E-state index contributed by atoms with van der Waals surface area (Å²) in [6.45, 7) is 3.50. The Hall–Kier alpha value is -0.820. The van der Waals surface area contributed by atoms with Gasteiger partial charge in [-0.2, -0.15) is 0 Å². The zero-order valence-corrected chi connectivity index (χ0v) is 9.37. The lowest BCUT2D eigenvalue weighted by molar-refractivity contribution is 0.611. The van der Waals surface area contributed by atoms with Crippen molar-refractivity contribution in [2.75, 3.05) is 6.54 Å². The average molecular weight is 201 g/mol. The highest BCUT2D eigenvalue weighted by Crippen LogP contribution is 2.40. The lowest BCUT2D eigenvalue weighted by Gasteiger charge is -2.11. The summed E-state index contributed by atoms with van der Waals surface area (Å²) in [6.07, 6.45) is 4.10. The van der Waals surface area contributed by atoms with Crippen LogP contribution in [0.2, 0.25) is 0 Å². The van der Waals surface area contributed by atoms with Crippen molar-refractivity contribution in [1.82, 2.24) is 5.32 Å². The Bertz CT molecular complexity index is 337. The highest BCUT2D eigenvalue weighted by Gasteiger charge is 2.25. The number of hydrogen-bond acceptors (Lipinski definition) is 1. The molecule has 1 heterocycles. The van der Waals surface area contributed by atoms with E-state index in [-0.39, 0.29) is 0 Å². The van der Waals surface area contributed by atoms with Gasteiger partial charge in [-0.3, -0.25) is 0 Å². The first-order valence-corrected chi connectivity index (χ1v) is 6.16. The Labute approximate surface area is 91.9 Å². The lowest BCUT2D eigenvalue weighted by Crippen LogP contribution is -2.13. The molecule has 15 heavy (non-hydrogen) atoms. The number of rotatable bonds is 2. The van der Waals surface area contributed by atoms with Crippen LogP contribution in [0.5, 0.6) is 0 Å². The van der Waals surface area contributed by atoms with Crippen LogP contribution in [0.15, 0.2) is 24.3 Å². The van der Waals surface area contributed by atoms with Crippen LogP contribution in [0.25, 0.3) is 0 Å². The van der Waals surface area contributed by atoms with E-state index >= 15 is 0 Å². The van der Waals surface area contributed by atoms with E-state index in [0.29, 0.717) is 6.04 Å². The molecule has 3 rings (SSSR count). The predicted octanol–water partition coefficient (Wildman–Crippen LogP) is 3.23. The minimum absolute atomic E-state index is 0.605. The number of hydrogen-bond donors (Lipinski definition) is 1.